The maximum atomic E-state index is 8.99. The first-order valence-electron chi connectivity index (χ1n) is 4.87. The van der Waals surface area contributed by atoms with Crippen LogP contribution >= 0.6 is 15.9 Å². The van der Waals surface area contributed by atoms with Crippen molar-refractivity contribution in [2.24, 2.45) is 0 Å². The molecule has 0 aliphatic heterocycles. The Morgan fingerprint density at radius 3 is 2.67 bits per heavy atom. The number of hydrogen-bond acceptors (Lipinski definition) is 3. The minimum Gasteiger partial charge on any atom is -0.490 e. The summed E-state index contributed by atoms with van der Waals surface area (Å²) < 4.78 is 10.9. The van der Waals surface area contributed by atoms with E-state index < -0.39 is 0 Å². The Morgan fingerprint density at radius 1 is 1.27 bits per heavy atom. The molecule has 1 rings (SSSR count). The molecule has 4 heteroatoms. The number of hydrogen-bond donors (Lipinski definition) is 1. The van der Waals surface area contributed by atoms with Gasteiger partial charge in [0.1, 0.15) is 0 Å². The molecule has 0 fully saturated rings. The number of ether oxygens (including phenoxy) is 2. The zero-order valence-electron chi connectivity index (χ0n) is 8.70. The second-order valence-corrected chi connectivity index (χ2v) is 3.70. The van der Waals surface area contributed by atoms with Gasteiger partial charge in [0.15, 0.2) is 11.5 Å². The van der Waals surface area contributed by atoms with Gasteiger partial charge in [-0.2, -0.15) is 0 Å². The average Bonchev–Trinajstić information content (AvgIpc) is 2.27. The van der Waals surface area contributed by atoms with E-state index in [4.69, 9.17) is 14.6 Å². The van der Waals surface area contributed by atoms with E-state index in [0.29, 0.717) is 24.7 Å². The fraction of sp³-hybridized carbons (Fsp3) is 0.455. The van der Waals surface area contributed by atoms with Gasteiger partial charge in [-0.3, -0.25) is 0 Å². The van der Waals surface area contributed by atoms with Crippen molar-refractivity contribution in [1.82, 2.24) is 0 Å². The predicted molar refractivity (Wildman–Crippen MR) is 62.8 cm³/mol. The molecular weight excluding hydrogens is 260 g/mol. The molecule has 84 valence electrons. The molecule has 15 heavy (non-hydrogen) atoms. The normalized spacial score (nSPS) is 10.1. The summed E-state index contributed by atoms with van der Waals surface area (Å²) in [5, 5.41) is 9.77. The first-order valence-corrected chi connectivity index (χ1v) is 5.99. The topological polar surface area (TPSA) is 38.7 Å². The van der Waals surface area contributed by atoms with Gasteiger partial charge in [0.05, 0.1) is 19.8 Å². The fourth-order valence-corrected chi connectivity index (χ4v) is 1.35. The number of alkyl halides is 1. The van der Waals surface area contributed by atoms with E-state index in [1.165, 1.54) is 0 Å². The van der Waals surface area contributed by atoms with Gasteiger partial charge in [0.25, 0.3) is 0 Å². The minimum atomic E-state index is 0.0127. The molecule has 0 saturated heterocycles. The molecular formula is C11H15BrO3. The number of halogens is 1. The predicted octanol–water partition coefficient (Wildman–Crippen LogP) is 2.35. The van der Waals surface area contributed by atoms with Gasteiger partial charge in [-0.05, 0) is 24.6 Å². The highest BCUT2D eigenvalue weighted by Crippen LogP contribution is 2.28. The van der Waals surface area contributed by atoms with Crippen LogP contribution in [0.2, 0.25) is 0 Å². The van der Waals surface area contributed by atoms with E-state index in [2.05, 4.69) is 15.9 Å². The maximum Gasteiger partial charge on any atom is 0.161 e. The molecule has 0 atom stereocenters. The van der Waals surface area contributed by atoms with Gasteiger partial charge in [-0.25, -0.2) is 0 Å². The van der Waals surface area contributed by atoms with E-state index in [1.807, 2.05) is 19.1 Å². The molecule has 1 N–H and O–H groups in total. The number of benzene rings is 1. The highest BCUT2D eigenvalue weighted by Gasteiger charge is 2.05. The van der Waals surface area contributed by atoms with Gasteiger partial charge >= 0.3 is 0 Å². The summed E-state index contributed by atoms with van der Waals surface area (Å²) >= 11 is 3.29. The summed E-state index contributed by atoms with van der Waals surface area (Å²) in [5.74, 6) is 1.40. The third-order valence-electron chi connectivity index (χ3n) is 1.83. The van der Waals surface area contributed by atoms with Crippen LogP contribution in [0.25, 0.3) is 0 Å². The van der Waals surface area contributed by atoms with Crippen LogP contribution in [0.15, 0.2) is 18.2 Å². The molecule has 1 aromatic rings. The van der Waals surface area contributed by atoms with Gasteiger partial charge in [-0.15, -0.1) is 0 Å². The van der Waals surface area contributed by atoms with Gasteiger partial charge in [0, 0.05) is 5.33 Å². The van der Waals surface area contributed by atoms with E-state index >= 15 is 0 Å². The molecule has 0 bridgehead atoms. The van der Waals surface area contributed by atoms with Gasteiger partial charge < -0.3 is 14.6 Å². The Morgan fingerprint density at radius 2 is 2.07 bits per heavy atom. The first kappa shape index (κ1) is 12.3. The summed E-state index contributed by atoms with van der Waals surface area (Å²) in [7, 11) is 0. The van der Waals surface area contributed by atoms with E-state index in [9.17, 15) is 0 Å². The maximum absolute atomic E-state index is 8.99. The van der Waals surface area contributed by atoms with Crippen molar-refractivity contribution >= 4 is 15.9 Å². The molecule has 1 aromatic carbocycles. The SMILES string of the molecule is CCOc1cc(CO)ccc1OCCBr. The number of aliphatic hydroxyl groups is 1. The van der Waals surface area contributed by atoms with Gasteiger partial charge in [-0.1, -0.05) is 22.0 Å². The summed E-state index contributed by atoms with van der Waals surface area (Å²) in [4.78, 5) is 0. The standard InChI is InChI=1S/C11H15BrO3/c1-2-14-11-7-9(8-13)3-4-10(11)15-6-5-12/h3-4,7,13H,2,5-6,8H2,1H3. The molecule has 0 aromatic heterocycles. The monoisotopic (exact) mass is 274 g/mol. The first-order chi connectivity index (χ1) is 7.31. The Balaban J connectivity index is 2.82. The highest BCUT2D eigenvalue weighted by molar-refractivity contribution is 9.09. The van der Waals surface area contributed by atoms with Crippen molar-refractivity contribution < 1.29 is 14.6 Å². The Kier molecular flexibility index (Phi) is 5.50. The lowest BCUT2D eigenvalue weighted by molar-refractivity contribution is 0.274. The second kappa shape index (κ2) is 6.69. The van der Waals surface area contributed by atoms with Crippen LogP contribution in [-0.2, 0) is 6.61 Å². The highest BCUT2D eigenvalue weighted by atomic mass is 79.9. The van der Waals surface area contributed by atoms with E-state index in [0.717, 1.165) is 10.9 Å². The van der Waals surface area contributed by atoms with Crippen LogP contribution in [0.1, 0.15) is 12.5 Å². The third-order valence-corrected chi connectivity index (χ3v) is 2.15. The van der Waals surface area contributed by atoms with Crippen molar-refractivity contribution in [3.8, 4) is 11.5 Å². The molecule has 0 radical (unpaired) electrons. The van der Waals surface area contributed by atoms with Crippen molar-refractivity contribution in [1.29, 1.82) is 0 Å². The quantitative estimate of drug-likeness (QED) is 0.810. The molecule has 0 heterocycles. The summed E-state index contributed by atoms with van der Waals surface area (Å²) in [6.45, 7) is 3.11. The molecule has 0 spiro atoms. The third kappa shape index (κ3) is 3.72. The van der Waals surface area contributed by atoms with E-state index in [-0.39, 0.29) is 6.61 Å². The number of aliphatic hydroxyl groups excluding tert-OH is 1. The minimum absolute atomic E-state index is 0.0127. The van der Waals surface area contributed by atoms with Crippen LogP contribution in [0, 0.1) is 0 Å². The van der Waals surface area contributed by atoms with Crippen LogP contribution in [-0.4, -0.2) is 23.7 Å². The Bertz CT molecular complexity index is 302. The lowest BCUT2D eigenvalue weighted by Crippen LogP contribution is -2.02. The molecule has 0 aliphatic rings. The summed E-state index contributed by atoms with van der Waals surface area (Å²) in [6.07, 6.45) is 0. The Hall–Kier alpha value is -0.740. The van der Waals surface area contributed by atoms with Crippen LogP contribution in [0.5, 0.6) is 11.5 Å². The largest absolute Gasteiger partial charge is 0.490 e. The molecule has 0 unspecified atom stereocenters. The lowest BCUT2D eigenvalue weighted by Gasteiger charge is -2.11. The average molecular weight is 275 g/mol. The van der Waals surface area contributed by atoms with Crippen LogP contribution in [0.3, 0.4) is 0 Å². The molecule has 0 amide bonds. The molecule has 3 nitrogen and oxygen atoms in total. The van der Waals surface area contributed by atoms with E-state index in [1.54, 1.807) is 6.07 Å². The molecule has 0 aliphatic carbocycles. The zero-order valence-corrected chi connectivity index (χ0v) is 10.3. The van der Waals surface area contributed by atoms with Gasteiger partial charge in [0.2, 0.25) is 0 Å². The van der Waals surface area contributed by atoms with Crippen LogP contribution in [0.4, 0.5) is 0 Å². The fourth-order valence-electron chi connectivity index (χ4n) is 1.19. The van der Waals surface area contributed by atoms with Crippen molar-refractivity contribution in [2.75, 3.05) is 18.5 Å². The Labute approximate surface area is 98.1 Å². The summed E-state index contributed by atoms with van der Waals surface area (Å²) in [5.41, 5.74) is 0.824. The lowest BCUT2D eigenvalue weighted by atomic mass is 10.2. The van der Waals surface area contributed by atoms with Crippen LogP contribution < -0.4 is 9.47 Å². The van der Waals surface area contributed by atoms with Crippen molar-refractivity contribution in [3.63, 3.8) is 0 Å². The van der Waals surface area contributed by atoms with Crippen molar-refractivity contribution in [3.05, 3.63) is 23.8 Å². The smallest absolute Gasteiger partial charge is 0.161 e. The summed E-state index contributed by atoms with van der Waals surface area (Å²) in [6, 6.07) is 5.44. The zero-order chi connectivity index (χ0) is 11.1. The number of rotatable bonds is 6. The second-order valence-electron chi connectivity index (χ2n) is 2.91. The van der Waals surface area contributed by atoms with Crippen molar-refractivity contribution in [2.45, 2.75) is 13.5 Å². The molecule has 0 saturated carbocycles.